The average Bonchev–Trinajstić information content (AvgIpc) is 2.39. The molecule has 2 heterocycles. The molecule has 3 rings (SSSR count). The summed E-state index contributed by atoms with van der Waals surface area (Å²) in [6.07, 6.45) is 3.45. The van der Waals surface area contributed by atoms with Gasteiger partial charge in [-0.1, -0.05) is 29.8 Å². The van der Waals surface area contributed by atoms with Gasteiger partial charge in [0.05, 0.1) is 11.2 Å². The monoisotopic (exact) mass is 253 g/mol. The largest absolute Gasteiger partial charge is 0.398 e. The number of pyridine rings is 1. The van der Waals surface area contributed by atoms with Crippen molar-refractivity contribution in [2.24, 2.45) is 0 Å². The summed E-state index contributed by atoms with van der Waals surface area (Å²) in [5.41, 5.74) is 10.4. The maximum atomic E-state index is 6.12. The lowest BCUT2D eigenvalue weighted by Gasteiger charge is -2.25. The third kappa shape index (κ3) is 2.61. The van der Waals surface area contributed by atoms with Crippen LogP contribution >= 0.6 is 0 Å². The van der Waals surface area contributed by atoms with E-state index in [4.69, 9.17) is 10.7 Å². The summed E-state index contributed by atoms with van der Waals surface area (Å²) in [4.78, 5) is 7.14. The number of rotatable bonds is 2. The van der Waals surface area contributed by atoms with Crippen molar-refractivity contribution in [3.8, 4) is 0 Å². The van der Waals surface area contributed by atoms with Crippen LogP contribution in [0.1, 0.15) is 19.0 Å². The Labute approximate surface area is 113 Å². The second-order valence-corrected chi connectivity index (χ2v) is 5.27. The van der Waals surface area contributed by atoms with Gasteiger partial charge in [0, 0.05) is 30.7 Å². The van der Waals surface area contributed by atoms with Gasteiger partial charge in [-0.3, -0.25) is 9.88 Å². The summed E-state index contributed by atoms with van der Waals surface area (Å²) in [5.74, 6) is 0. The zero-order valence-electron chi connectivity index (χ0n) is 11.3. The summed E-state index contributed by atoms with van der Waals surface area (Å²) in [7, 11) is 0. The van der Waals surface area contributed by atoms with Crippen molar-refractivity contribution in [1.82, 2.24) is 9.88 Å². The Balaban J connectivity index is 1.87. The normalized spacial score (nSPS) is 16.6. The van der Waals surface area contributed by atoms with Crippen molar-refractivity contribution in [2.45, 2.75) is 19.9 Å². The van der Waals surface area contributed by atoms with Gasteiger partial charge in [-0.25, -0.2) is 0 Å². The molecule has 0 bridgehead atoms. The third-order valence-electron chi connectivity index (χ3n) is 3.60. The zero-order chi connectivity index (χ0) is 13.2. The summed E-state index contributed by atoms with van der Waals surface area (Å²) < 4.78 is 0. The molecule has 2 N–H and O–H groups in total. The summed E-state index contributed by atoms with van der Waals surface area (Å²) in [6.45, 7) is 5.20. The number of hydrogen-bond donors (Lipinski definition) is 1. The van der Waals surface area contributed by atoms with E-state index < -0.39 is 0 Å². The van der Waals surface area contributed by atoms with E-state index in [2.05, 4.69) is 17.9 Å². The molecule has 1 aromatic heterocycles. The van der Waals surface area contributed by atoms with E-state index in [-0.39, 0.29) is 0 Å². The fraction of sp³-hybridized carbons (Fsp3) is 0.312. The highest BCUT2D eigenvalue weighted by molar-refractivity contribution is 5.90. The van der Waals surface area contributed by atoms with Gasteiger partial charge in [-0.05, 0) is 25.5 Å². The maximum absolute atomic E-state index is 6.12. The first kappa shape index (κ1) is 12.2. The van der Waals surface area contributed by atoms with Gasteiger partial charge >= 0.3 is 0 Å². The van der Waals surface area contributed by atoms with Crippen molar-refractivity contribution in [3.05, 3.63) is 47.7 Å². The molecule has 3 heteroatoms. The quantitative estimate of drug-likeness (QED) is 0.837. The molecule has 0 atom stereocenters. The Hall–Kier alpha value is -1.87. The molecule has 0 amide bonds. The van der Waals surface area contributed by atoms with Crippen LogP contribution in [0.5, 0.6) is 0 Å². The highest BCUT2D eigenvalue weighted by Gasteiger charge is 2.12. The molecule has 0 aliphatic carbocycles. The molecule has 0 unspecified atom stereocenters. The number of para-hydroxylation sites is 1. The molecule has 3 nitrogen and oxygen atoms in total. The maximum Gasteiger partial charge on any atom is 0.0726 e. The predicted octanol–water partition coefficient (Wildman–Crippen LogP) is 2.97. The Morgan fingerprint density at radius 2 is 2.16 bits per heavy atom. The lowest BCUT2D eigenvalue weighted by atomic mass is 10.1. The zero-order valence-corrected chi connectivity index (χ0v) is 11.3. The van der Waals surface area contributed by atoms with E-state index in [1.165, 1.54) is 5.57 Å². The minimum absolute atomic E-state index is 0.824. The molecular weight excluding hydrogens is 234 g/mol. The number of fused-ring (bicyclic) bond motifs is 1. The van der Waals surface area contributed by atoms with Crippen LogP contribution in [0.15, 0.2) is 42.0 Å². The molecular formula is C16H19N3. The number of nitrogens with zero attached hydrogens (tertiary/aromatic N) is 2. The third-order valence-corrected chi connectivity index (χ3v) is 3.60. The molecule has 19 heavy (non-hydrogen) atoms. The first-order chi connectivity index (χ1) is 9.22. The minimum atomic E-state index is 0.824. The van der Waals surface area contributed by atoms with Crippen molar-refractivity contribution in [1.29, 1.82) is 0 Å². The molecule has 1 aromatic carbocycles. The van der Waals surface area contributed by atoms with Crippen LogP contribution in [0.3, 0.4) is 0 Å². The topological polar surface area (TPSA) is 42.1 Å². The number of benzene rings is 1. The van der Waals surface area contributed by atoms with Crippen LogP contribution < -0.4 is 5.73 Å². The Morgan fingerprint density at radius 3 is 3.00 bits per heavy atom. The standard InChI is InChI=1S/C16H19N3/c1-12-5-4-8-19(10-12)11-13-9-15(17)14-6-2-3-7-16(14)18-13/h2-3,5-7,9H,4,8,10-11H2,1H3,(H2,17,18). The second kappa shape index (κ2) is 5.02. The van der Waals surface area contributed by atoms with Crippen LogP contribution in [0.4, 0.5) is 5.69 Å². The smallest absolute Gasteiger partial charge is 0.0726 e. The second-order valence-electron chi connectivity index (χ2n) is 5.27. The van der Waals surface area contributed by atoms with Gasteiger partial charge in [0.25, 0.3) is 0 Å². The van der Waals surface area contributed by atoms with Crippen LogP contribution in [0, 0.1) is 0 Å². The molecule has 0 fully saturated rings. The Kier molecular flexibility index (Phi) is 3.22. The van der Waals surface area contributed by atoms with Gasteiger partial charge in [-0.2, -0.15) is 0 Å². The van der Waals surface area contributed by atoms with Crippen molar-refractivity contribution >= 4 is 16.6 Å². The number of nitrogen functional groups attached to an aromatic ring is 1. The van der Waals surface area contributed by atoms with E-state index in [0.29, 0.717) is 0 Å². The van der Waals surface area contributed by atoms with Crippen LogP contribution in [-0.4, -0.2) is 23.0 Å². The number of anilines is 1. The highest BCUT2D eigenvalue weighted by Crippen LogP contribution is 2.21. The van der Waals surface area contributed by atoms with Crippen LogP contribution in [0.25, 0.3) is 10.9 Å². The van der Waals surface area contributed by atoms with Crippen molar-refractivity contribution in [2.75, 3.05) is 18.8 Å². The van der Waals surface area contributed by atoms with E-state index in [9.17, 15) is 0 Å². The Morgan fingerprint density at radius 1 is 1.32 bits per heavy atom. The van der Waals surface area contributed by atoms with Crippen LogP contribution in [-0.2, 0) is 6.54 Å². The van der Waals surface area contributed by atoms with Gasteiger partial charge < -0.3 is 5.73 Å². The van der Waals surface area contributed by atoms with Crippen molar-refractivity contribution < 1.29 is 0 Å². The first-order valence-corrected chi connectivity index (χ1v) is 6.74. The summed E-state index contributed by atoms with van der Waals surface area (Å²) >= 11 is 0. The molecule has 98 valence electrons. The van der Waals surface area contributed by atoms with E-state index in [1.807, 2.05) is 30.3 Å². The molecule has 0 saturated heterocycles. The van der Waals surface area contributed by atoms with E-state index in [1.54, 1.807) is 0 Å². The van der Waals surface area contributed by atoms with Gasteiger partial charge in [0.1, 0.15) is 0 Å². The van der Waals surface area contributed by atoms with Gasteiger partial charge in [-0.15, -0.1) is 0 Å². The lowest BCUT2D eigenvalue weighted by Crippen LogP contribution is -2.29. The number of nitrogens with two attached hydrogens (primary N) is 1. The molecule has 0 spiro atoms. The Bertz CT molecular complexity index is 631. The fourth-order valence-electron chi connectivity index (χ4n) is 2.69. The highest BCUT2D eigenvalue weighted by atomic mass is 15.1. The SMILES string of the molecule is CC1=CCCN(Cc2cc(N)c3ccccc3n2)C1. The summed E-state index contributed by atoms with van der Waals surface area (Å²) in [5, 5.41) is 1.04. The van der Waals surface area contributed by atoms with Gasteiger partial charge in [0.2, 0.25) is 0 Å². The lowest BCUT2D eigenvalue weighted by molar-refractivity contribution is 0.279. The molecule has 2 aromatic rings. The minimum Gasteiger partial charge on any atom is -0.398 e. The predicted molar refractivity (Wildman–Crippen MR) is 79.8 cm³/mol. The molecule has 1 aliphatic heterocycles. The average molecular weight is 253 g/mol. The van der Waals surface area contributed by atoms with Gasteiger partial charge in [0.15, 0.2) is 0 Å². The number of aromatic nitrogens is 1. The van der Waals surface area contributed by atoms with Crippen LogP contribution in [0.2, 0.25) is 0 Å². The first-order valence-electron chi connectivity index (χ1n) is 6.74. The number of hydrogen-bond acceptors (Lipinski definition) is 3. The van der Waals surface area contributed by atoms with E-state index in [0.717, 1.165) is 48.3 Å². The van der Waals surface area contributed by atoms with Crippen molar-refractivity contribution in [3.63, 3.8) is 0 Å². The molecule has 0 saturated carbocycles. The molecule has 1 aliphatic rings. The summed E-state index contributed by atoms with van der Waals surface area (Å²) in [6, 6.07) is 10.1. The van der Waals surface area contributed by atoms with E-state index >= 15 is 0 Å². The molecule has 0 radical (unpaired) electrons. The fourth-order valence-corrected chi connectivity index (χ4v) is 2.69.